The molecule has 0 heterocycles. The maximum atomic E-state index is 11.6. The molecule has 2 rings (SSSR count). The van der Waals surface area contributed by atoms with Crippen LogP contribution in [0.4, 0.5) is 5.69 Å². The highest BCUT2D eigenvalue weighted by Crippen LogP contribution is 2.17. The number of rotatable bonds is 6. The lowest BCUT2D eigenvalue weighted by Crippen LogP contribution is -2.29. The number of carbonyl (C=O) groups is 1. The van der Waals surface area contributed by atoms with Crippen LogP contribution in [0.1, 0.15) is 27.9 Å². The molecule has 0 saturated carbocycles. The predicted molar refractivity (Wildman–Crippen MR) is 107 cm³/mol. The van der Waals surface area contributed by atoms with Gasteiger partial charge in [0.1, 0.15) is 0 Å². The molecule has 0 fully saturated rings. The molecule has 2 aromatic rings. The Hall–Kier alpha value is -2.11. The average Bonchev–Trinajstić information content (AvgIpc) is 2.61. The summed E-state index contributed by atoms with van der Waals surface area (Å²) in [5.41, 5.74) is 3.52. The molecule has 4 nitrogen and oxygen atoms in total. The minimum Gasteiger partial charge on any atom is -0.465 e. The topological polar surface area (TPSA) is 50.4 Å². The van der Waals surface area contributed by atoms with Crippen molar-refractivity contribution in [3.05, 3.63) is 64.2 Å². The van der Waals surface area contributed by atoms with Gasteiger partial charge in [-0.25, -0.2) is 4.79 Å². The zero-order valence-corrected chi connectivity index (χ0v) is 15.8. The molecule has 0 unspecified atom stereocenters. The van der Waals surface area contributed by atoms with Crippen molar-refractivity contribution in [2.45, 2.75) is 19.8 Å². The summed E-state index contributed by atoms with van der Waals surface area (Å²) < 4.78 is 4.74. The highest BCUT2D eigenvalue weighted by Gasteiger charge is 2.08. The summed E-state index contributed by atoms with van der Waals surface area (Å²) in [6.07, 6.45) is 1.90. The molecule has 2 aromatic carbocycles. The van der Waals surface area contributed by atoms with Crippen molar-refractivity contribution < 1.29 is 9.53 Å². The molecule has 0 aliphatic heterocycles. The van der Waals surface area contributed by atoms with Crippen LogP contribution in [0.3, 0.4) is 0 Å². The highest BCUT2D eigenvalue weighted by atomic mass is 35.5. The fourth-order valence-electron chi connectivity index (χ4n) is 2.31. The van der Waals surface area contributed by atoms with Gasteiger partial charge in [0.15, 0.2) is 5.11 Å². The molecule has 0 atom stereocenters. The van der Waals surface area contributed by atoms with Crippen molar-refractivity contribution in [2.75, 3.05) is 19.0 Å². The van der Waals surface area contributed by atoms with Crippen molar-refractivity contribution >= 4 is 40.6 Å². The van der Waals surface area contributed by atoms with Gasteiger partial charge in [-0.05, 0) is 67.4 Å². The first-order chi connectivity index (χ1) is 12.0. The molecule has 6 heteroatoms. The molecule has 0 amide bonds. The Morgan fingerprint density at radius 1 is 1.20 bits per heavy atom. The number of halogens is 1. The van der Waals surface area contributed by atoms with Crippen LogP contribution < -0.4 is 10.6 Å². The number of carbonyl (C=O) groups excluding carboxylic acids is 1. The molecule has 0 aromatic heterocycles. The minimum absolute atomic E-state index is 0.370. The Bertz CT molecular complexity index is 748. The maximum absolute atomic E-state index is 11.6. The minimum atomic E-state index is -0.370. The number of aryl methyl sites for hydroxylation is 2. The molecule has 0 radical (unpaired) electrons. The zero-order chi connectivity index (χ0) is 18.2. The van der Waals surface area contributed by atoms with Crippen LogP contribution >= 0.6 is 23.8 Å². The number of ether oxygens (including phenoxy) is 1. The Labute approximate surface area is 158 Å². The van der Waals surface area contributed by atoms with Crippen molar-refractivity contribution in [2.24, 2.45) is 0 Å². The number of thiocarbonyl (C=S) groups is 1. The van der Waals surface area contributed by atoms with E-state index in [1.807, 2.05) is 37.3 Å². The highest BCUT2D eigenvalue weighted by molar-refractivity contribution is 7.80. The normalized spacial score (nSPS) is 10.2. The molecule has 25 heavy (non-hydrogen) atoms. The molecule has 132 valence electrons. The summed E-state index contributed by atoms with van der Waals surface area (Å²) in [6.45, 7) is 2.71. The first-order valence-electron chi connectivity index (χ1n) is 7.98. The van der Waals surface area contributed by atoms with E-state index in [4.69, 9.17) is 28.6 Å². The van der Waals surface area contributed by atoms with Gasteiger partial charge in [-0.15, -0.1) is 0 Å². The molecule has 0 saturated heterocycles. The molecule has 0 bridgehead atoms. The summed E-state index contributed by atoms with van der Waals surface area (Å²) in [7, 11) is 1.36. The number of anilines is 1. The van der Waals surface area contributed by atoms with Crippen LogP contribution in [0.15, 0.2) is 42.5 Å². The SMILES string of the molecule is COC(=O)c1ccc(C)c(NC(=S)NCCCc2ccc(Cl)cc2)c1. The third-order valence-corrected chi connectivity index (χ3v) is 4.25. The van der Waals surface area contributed by atoms with Crippen molar-refractivity contribution in [3.63, 3.8) is 0 Å². The van der Waals surface area contributed by atoms with Gasteiger partial charge < -0.3 is 15.4 Å². The second-order valence-electron chi connectivity index (χ2n) is 5.63. The first kappa shape index (κ1) is 19.2. The second-order valence-corrected chi connectivity index (χ2v) is 6.48. The van der Waals surface area contributed by atoms with E-state index in [0.29, 0.717) is 10.7 Å². The summed E-state index contributed by atoms with van der Waals surface area (Å²) in [5, 5.41) is 7.59. The maximum Gasteiger partial charge on any atom is 0.337 e. The zero-order valence-electron chi connectivity index (χ0n) is 14.3. The number of hydrogen-bond donors (Lipinski definition) is 2. The Balaban J connectivity index is 1.81. The van der Waals surface area contributed by atoms with E-state index in [1.54, 1.807) is 12.1 Å². The second kappa shape index (κ2) is 9.39. The standard InChI is InChI=1S/C19H21ClN2O2S/c1-13-5-8-15(18(23)24-2)12-17(13)22-19(25)21-11-3-4-14-6-9-16(20)10-7-14/h5-10,12H,3-4,11H2,1-2H3,(H2,21,22,25). The van der Waals surface area contributed by atoms with Crippen molar-refractivity contribution in [3.8, 4) is 0 Å². The third-order valence-electron chi connectivity index (χ3n) is 3.75. The van der Waals surface area contributed by atoms with E-state index in [-0.39, 0.29) is 5.97 Å². The lowest BCUT2D eigenvalue weighted by molar-refractivity contribution is 0.0601. The number of benzene rings is 2. The Morgan fingerprint density at radius 3 is 2.60 bits per heavy atom. The van der Waals surface area contributed by atoms with E-state index < -0.39 is 0 Å². The third kappa shape index (κ3) is 6.03. The summed E-state index contributed by atoms with van der Waals surface area (Å²) in [5.74, 6) is -0.370. The van der Waals surface area contributed by atoms with Crippen LogP contribution in [-0.4, -0.2) is 24.7 Å². The number of hydrogen-bond acceptors (Lipinski definition) is 3. The first-order valence-corrected chi connectivity index (χ1v) is 8.76. The smallest absolute Gasteiger partial charge is 0.337 e. The van der Waals surface area contributed by atoms with Crippen LogP contribution in [0.25, 0.3) is 0 Å². The number of esters is 1. The van der Waals surface area contributed by atoms with E-state index in [1.165, 1.54) is 12.7 Å². The summed E-state index contributed by atoms with van der Waals surface area (Å²) in [6, 6.07) is 13.2. The largest absolute Gasteiger partial charge is 0.465 e. The fourth-order valence-corrected chi connectivity index (χ4v) is 2.65. The van der Waals surface area contributed by atoms with Gasteiger partial charge in [0.25, 0.3) is 0 Å². The summed E-state index contributed by atoms with van der Waals surface area (Å²) >= 11 is 11.2. The molecule has 2 N–H and O–H groups in total. The molecule has 0 aliphatic carbocycles. The predicted octanol–water partition coefficient (Wildman–Crippen LogP) is 4.35. The van der Waals surface area contributed by atoms with Crippen LogP contribution in [-0.2, 0) is 11.2 Å². The lowest BCUT2D eigenvalue weighted by Gasteiger charge is -2.13. The Kier molecular flexibility index (Phi) is 7.22. The van der Waals surface area contributed by atoms with Gasteiger partial charge in [-0.2, -0.15) is 0 Å². The van der Waals surface area contributed by atoms with Gasteiger partial charge in [0.2, 0.25) is 0 Å². The van der Waals surface area contributed by atoms with Gasteiger partial charge in [-0.1, -0.05) is 29.8 Å². The van der Waals surface area contributed by atoms with Crippen LogP contribution in [0.5, 0.6) is 0 Å². The fraction of sp³-hybridized carbons (Fsp3) is 0.263. The Morgan fingerprint density at radius 2 is 1.92 bits per heavy atom. The molecular formula is C19H21ClN2O2S. The van der Waals surface area contributed by atoms with Gasteiger partial charge in [0, 0.05) is 17.3 Å². The number of methoxy groups -OCH3 is 1. The van der Waals surface area contributed by atoms with E-state index >= 15 is 0 Å². The van der Waals surface area contributed by atoms with E-state index in [9.17, 15) is 4.79 Å². The monoisotopic (exact) mass is 376 g/mol. The molecule has 0 aliphatic rings. The average molecular weight is 377 g/mol. The summed E-state index contributed by atoms with van der Waals surface area (Å²) in [4.78, 5) is 11.6. The van der Waals surface area contributed by atoms with E-state index in [2.05, 4.69) is 10.6 Å². The van der Waals surface area contributed by atoms with Crippen molar-refractivity contribution in [1.82, 2.24) is 5.32 Å². The van der Waals surface area contributed by atoms with Crippen LogP contribution in [0.2, 0.25) is 5.02 Å². The molecular weight excluding hydrogens is 356 g/mol. The van der Waals surface area contributed by atoms with Gasteiger partial charge in [0.05, 0.1) is 12.7 Å². The quantitative estimate of drug-likeness (QED) is 0.446. The number of nitrogens with one attached hydrogen (secondary N) is 2. The lowest BCUT2D eigenvalue weighted by atomic mass is 10.1. The van der Waals surface area contributed by atoms with Crippen LogP contribution in [0, 0.1) is 6.92 Å². The van der Waals surface area contributed by atoms with Gasteiger partial charge >= 0.3 is 5.97 Å². The van der Waals surface area contributed by atoms with Gasteiger partial charge in [-0.3, -0.25) is 0 Å². The van der Waals surface area contributed by atoms with E-state index in [0.717, 1.165) is 35.7 Å². The van der Waals surface area contributed by atoms with Crippen molar-refractivity contribution in [1.29, 1.82) is 0 Å². The molecule has 0 spiro atoms.